The Morgan fingerprint density at radius 3 is 0.878 bits per heavy atom. The van der Waals surface area contributed by atoms with Gasteiger partial charge in [0.1, 0.15) is 0 Å². The molecular weight excluding hydrogens is 987 g/mol. The molecule has 0 saturated carbocycles. The first-order valence-electron chi connectivity index (χ1n) is 32.9. The molecule has 0 spiro atoms. The average molecular weight is 1110 g/mol. The normalized spacial score (nSPS) is 11.6. The van der Waals surface area contributed by atoms with Crippen molar-refractivity contribution in [2.45, 2.75) is 354 Å². The van der Waals surface area contributed by atoms with Gasteiger partial charge in [0.25, 0.3) is 0 Å². The number of hydrogen-bond acceptors (Lipinski definition) is 0. The van der Waals surface area contributed by atoms with Crippen LogP contribution in [-0.2, 0) is 43.7 Å². The van der Waals surface area contributed by atoms with Crippen molar-refractivity contribution in [3.05, 3.63) is 86.5 Å². The van der Waals surface area contributed by atoms with Crippen molar-refractivity contribution in [3.8, 4) is 0 Å². The predicted molar refractivity (Wildman–Crippen MR) is 330 cm³/mol. The third-order valence-corrected chi connectivity index (χ3v) is 17.0. The van der Waals surface area contributed by atoms with E-state index in [0.717, 1.165) is 81.3 Å². The number of rotatable bonds is 50. The Labute approximate surface area is 472 Å². The van der Waals surface area contributed by atoms with Gasteiger partial charge in [-0.3, -0.25) is 0 Å². The van der Waals surface area contributed by atoms with Crippen LogP contribution in [0.1, 0.15) is 352 Å². The summed E-state index contributed by atoms with van der Waals surface area (Å²) in [6.45, 7) is 18.4. The van der Waals surface area contributed by atoms with E-state index in [1.165, 1.54) is 285 Å². The Hall–Kier alpha value is -2.00. The van der Waals surface area contributed by atoms with Gasteiger partial charge < -0.3 is 5.53 Å². The second kappa shape index (κ2) is 53.0. The van der Waals surface area contributed by atoms with Crippen LogP contribution in [0.15, 0.2) is 47.5 Å². The Kier molecular flexibility index (Phi) is 50.2. The molecule has 2 rings (SSSR count). The summed E-state index contributed by atoms with van der Waals surface area (Å²) in [5.41, 5.74) is 22.9. The molecule has 2 nitrogen and oxygen atoms in total. The molecule has 0 radical (unpaired) electrons. The number of aryl methyl sites for hydroxylation is 4. The van der Waals surface area contributed by atoms with E-state index < -0.39 is 0 Å². The third-order valence-electron chi connectivity index (χ3n) is 15.4. The number of nitrogens with zero attached hydrogens (tertiary/aromatic N) is 2. The standard InChI is InChI=1S/C67H114N2.2C2H5.Pd/c1-7-13-19-23-25-27-29-31-33-35-37-39-44-48-61-53-62(49-45-40-38-36-34-32-30-28-26-24-20-14-8-2)57-65(56-61)67(66(51-18-12-6)63(58-69-68)50-41-17-11-5)64-54-59(46-42-21-15-9-3)52-60(55-64)47-43-22-16-10-4;2*1-2;/h52-57H,7-51H2,1-6H3;2*1H2,2H3;. The molecule has 0 heterocycles. The molecule has 0 bridgehead atoms. The Morgan fingerprint density at radius 2 is 0.608 bits per heavy atom. The molecule has 0 aliphatic carbocycles. The fraction of sp³-hybridized carbons (Fsp3) is 0.775. The van der Waals surface area contributed by atoms with Gasteiger partial charge in [0.15, 0.2) is 0 Å². The zero-order valence-corrected chi connectivity index (χ0v) is 52.5. The Bertz CT molecular complexity index is 1610. The first-order valence-corrected chi connectivity index (χ1v) is 35.1. The van der Waals surface area contributed by atoms with E-state index >= 15 is 0 Å². The van der Waals surface area contributed by atoms with Crippen LogP contribution in [0.2, 0.25) is 9.79 Å². The molecule has 74 heavy (non-hydrogen) atoms. The van der Waals surface area contributed by atoms with Crippen molar-refractivity contribution in [2.75, 3.05) is 0 Å². The number of allylic oxidation sites excluding steroid dienone is 2. The van der Waals surface area contributed by atoms with Crippen molar-refractivity contribution in [2.24, 2.45) is 0 Å². The van der Waals surface area contributed by atoms with Gasteiger partial charge in [0.2, 0.25) is 0 Å². The summed E-state index contributed by atoms with van der Waals surface area (Å²) in [6, 6.07) is 15.5. The van der Waals surface area contributed by atoms with E-state index in [1.807, 2.05) is 0 Å². The van der Waals surface area contributed by atoms with Gasteiger partial charge in [-0.25, -0.2) is 0 Å². The first-order chi connectivity index (χ1) is 36.5. The van der Waals surface area contributed by atoms with Crippen LogP contribution in [0.3, 0.4) is 0 Å². The molecule has 0 saturated heterocycles. The van der Waals surface area contributed by atoms with Crippen molar-refractivity contribution < 1.29 is 22.8 Å². The molecule has 0 fully saturated rings. The van der Waals surface area contributed by atoms with Gasteiger partial charge >= 0.3 is 47.5 Å². The fourth-order valence-electron chi connectivity index (χ4n) is 10.9. The summed E-state index contributed by atoms with van der Waals surface area (Å²) in [7, 11) is 0. The minimum atomic E-state index is 0.908. The van der Waals surface area contributed by atoms with E-state index in [2.05, 4.69) is 102 Å². The Balaban J connectivity index is 0.00000520. The summed E-state index contributed by atoms with van der Waals surface area (Å²) in [5.74, 6) is 3.22. The van der Waals surface area contributed by atoms with E-state index in [0.29, 0.717) is 0 Å². The van der Waals surface area contributed by atoms with Crippen LogP contribution in [0.25, 0.3) is 11.1 Å². The van der Waals surface area contributed by atoms with E-state index in [-0.39, 0.29) is 0 Å². The molecule has 0 N–H and O–H groups in total. The van der Waals surface area contributed by atoms with Crippen LogP contribution in [-0.4, -0.2) is 10.7 Å². The van der Waals surface area contributed by atoms with Crippen molar-refractivity contribution in [3.63, 3.8) is 0 Å². The molecule has 0 unspecified atom stereocenters. The molecule has 3 heteroatoms. The molecule has 2 aromatic rings. The van der Waals surface area contributed by atoms with Crippen molar-refractivity contribution in [1.29, 1.82) is 0 Å². The average Bonchev–Trinajstić information content (AvgIpc) is 3.40. The van der Waals surface area contributed by atoms with Crippen molar-refractivity contribution >= 4 is 11.4 Å². The van der Waals surface area contributed by atoms with E-state index in [4.69, 9.17) is 0 Å². The van der Waals surface area contributed by atoms with Gasteiger partial charge in [-0.05, 0) is 122 Å². The summed E-state index contributed by atoms with van der Waals surface area (Å²) in [6.07, 6.45) is 58.7. The number of benzene rings is 2. The summed E-state index contributed by atoms with van der Waals surface area (Å²) >= 11 is 1.04. The molecule has 0 aliphatic heterocycles. The molecule has 0 atom stereocenters. The van der Waals surface area contributed by atoms with Crippen LogP contribution in [0, 0.1) is 0 Å². The number of hydrogen-bond donors (Lipinski definition) is 0. The van der Waals surface area contributed by atoms with Gasteiger partial charge in [-0.1, -0.05) is 290 Å². The van der Waals surface area contributed by atoms with E-state index in [1.54, 1.807) is 0 Å². The second-order valence-corrected chi connectivity index (χ2v) is 25.4. The molecule has 428 valence electrons. The summed E-state index contributed by atoms with van der Waals surface area (Å²) in [4.78, 5) is 6.46. The van der Waals surface area contributed by atoms with Crippen molar-refractivity contribution in [1.82, 2.24) is 0 Å². The SMILES string of the molecule is CCCCCCCCCCCCCCCc1cc(CCCCCCCCCCCCCCC)cc(C(=C(CCCC)C(=C=[N+]=[N-])CCCCC)c2cc(CCCCCC)cc(CCCCCC)c2)c1.C[CH2][Pd][CH2]C. The van der Waals surface area contributed by atoms with E-state index in [9.17, 15) is 5.53 Å². The molecule has 0 aliphatic rings. The zero-order chi connectivity index (χ0) is 53.8. The van der Waals surface area contributed by atoms with Gasteiger partial charge in [-0.15, -0.1) is 4.79 Å². The maximum absolute atomic E-state index is 10.2. The molecular formula is C71H124N2Pd. The van der Waals surface area contributed by atoms with Crippen LogP contribution >= 0.6 is 0 Å². The van der Waals surface area contributed by atoms with Gasteiger partial charge in [0.05, 0.1) is 5.57 Å². The monoisotopic (exact) mass is 1110 g/mol. The molecule has 0 amide bonds. The summed E-state index contributed by atoms with van der Waals surface area (Å²) in [5, 5.41) is 0. The summed E-state index contributed by atoms with van der Waals surface area (Å²) < 4.78 is 0. The van der Waals surface area contributed by atoms with Gasteiger partial charge in [-0.2, -0.15) is 0 Å². The predicted octanol–water partition coefficient (Wildman–Crippen LogP) is 24.5. The van der Waals surface area contributed by atoms with Crippen LogP contribution in [0.4, 0.5) is 0 Å². The fourth-order valence-corrected chi connectivity index (χ4v) is 11.7. The second-order valence-electron chi connectivity index (χ2n) is 22.4. The third kappa shape index (κ3) is 37.7. The first kappa shape index (κ1) is 70.0. The quantitative estimate of drug-likeness (QED) is 0.0158. The Morgan fingerprint density at radius 1 is 0.338 bits per heavy atom. The minimum absolute atomic E-state index is 0.908. The topological polar surface area (TPSA) is 36.4 Å². The van der Waals surface area contributed by atoms with Crippen LogP contribution in [0.5, 0.6) is 0 Å². The maximum atomic E-state index is 10.2. The zero-order valence-electron chi connectivity index (χ0n) is 50.9. The molecule has 0 aromatic heterocycles. The van der Waals surface area contributed by atoms with Gasteiger partial charge in [0, 0.05) is 0 Å². The van der Waals surface area contributed by atoms with Crippen LogP contribution < -0.4 is 0 Å². The molecule has 2 aromatic carbocycles. The number of unbranched alkanes of at least 4 members (excludes halogenated alkanes) is 33.